The van der Waals surface area contributed by atoms with Crippen LogP contribution < -0.4 is 27.8 Å². The lowest BCUT2D eigenvalue weighted by atomic mass is 10.1. The zero-order chi connectivity index (χ0) is 51.8. The number of carbonyl (C=O) groups excluding carboxylic acids is 3. The molecule has 2 fully saturated rings. The van der Waals surface area contributed by atoms with Crippen molar-refractivity contribution in [2.45, 2.75) is 192 Å². The van der Waals surface area contributed by atoms with E-state index in [1.165, 1.54) is 29.7 Å². The number of ether oxygens (including phenoxy) is 3. The number of carbonyl (C=O) groups is 3. The number of aromatic amines is 2. The van der Waals surface area contributed by atoms with Gasteiger partial charge in [-0.05, 0) is 53.8 Å². The van der Waals surface area contributed by atoms with Crippen LogP contribution in [-0.4, -0.2) is 116 Å². The van der Waals surface area contributed by atoms with E-state index >= 15 is 0 Å². The van der Waals surface area contributed by atoms with E-state index in [1.54, 1.807) is 0 Å². The molecule has 2 aromatic heterocycles. The summed E-state index contributed by atoms with van der Waals surface area (Å²) in [6.45, 7) is 25.5. The standard InChI is InChI=1S/C45H77N5O15P2Si2/c1-14-31-38(40(64-68(12,13)45(8,9)10)42(60-31)50-24-21-35(54)48-44(50)57)63-67(11,58)59-26-32-37(62-36(55)19-17-30(51)16-18-33(52)46-22-15-25-66)39(65-69(27(2)3,28(4)5)29(6)7)41(61-32)49-23-20-34(53)47-43(49)56/h20-21,23-24,27-29,31-32,37-42H,14-19,22,25-26,66H2,1-13H3,(H,46,52)(H,47,53,56)(H,48,54,57)/t31-,32-,37+,38+,39?,40?,41-,42-,67?/m1/s1. The Hall–Kier alpha value is -3.18. The fourth-order valence-corrected chi connectivity index (χ4v) is 17.2. The molecule has 1 amide bonds. The molecule has 69 heavy (non-hydrogen) atoms. The van der Waals surface area contributed by atoms with Gasteiger partial charge in [-0.25, -0.2) is 9.59 Å². The summed E-state index contributed by atoms with van der Waals surface area (Å²) in [4.78, 5) is 94.7. The van der Waals surface area contributed by atoms with Crippen LogP contribution in [0.25, 0.3) is 0 Å². The van der Waals surface area contributed by atoms with Crippen LogP contribution in [0.5, 0.6) is 0 Å². The number of H-pyrrole nitrogens is 2. The maximum Gasteiger partial charge on any atom is 0.330 e. The quantitative estimate of drug-likeness (QED) is 0.0454. The lowest BCUT2D eigenvalue weighted by Crippen LogP contribution is -2.54. The van der Waals surface area contributed by atoms with Crippen LogP contribution in [0, 0.1) is 0 Å². The van der Waals surface area contributed by atoms with Gasteiger partial charge in [0.1, 0.15) is 30.2 Å². The van der Waals surface area contributed by atoms with Gasteiger partial charge < -0.3 is 32.9 Å². The predicted octanol–water partition coefficient (Wildman–Crippen LogP) is 5.89. The van der Waals surface area contributed by atoms with E-state index in [9.17, 15) is 38.1 Å². The molecule has 24 heteroatoms. The predicted molar refractivity (Wildman–Crippen MR) is 269 cm³/mol. The molecule has 10 atom stereocenters. The molecule has 4 unspecified atom stereocenters. The van der Waals surface area contributed by atoms with E-state index < -0.39 is 108 Å². The first kappa shape index (κ1) is 58.4. The summed E-state index contributed by atoms with van der Waals surface area (Å²) >= 11 is 0. The van der Waals surface area contributed by atoms with Crippen molar-refractivity contribution in [2.24, 2.45) is 0 Å². The molecule has 0 aliphatic carbocycles. The monoisotopic (exact) mass is 1050 g/mol. The molecule has 2 aliphatic rings. The van der Waals surface area contributed by atoms with Gasteiger partial charge in [0.25, 0.3) is 11.1 Å². The fourth-order valence-electron chi connectivity index (χ4n) is 8.97. The number of amides is 1. The smallest absolute Gasteiger partial charge is 0.330 e. The number of Topliss-reactive ketones (excluding diaryl/α,β-unsaturated/α-hetero) is 1. The molecule has 0 saturated carbocycles. The summed E-state index contributed by atoms with van der Waals surface area (Å²) in [5, 5.41) is 2.45. The zero-order valence-corrected chi connectivity index (χ0v) is 46.6. The van der Waals surface area contributed by atoms with Crippen molar-refractivity contribution in [2.75, 3.05) is 26.0 Å². The summed E-state index contributed by atoms with van der Waals surface area (Å²) in [7, 11) is -7.19. The van der Waals surface area contributed by atoms with Gasteiger partial charge in [0, 0.05) is 57.0 Å². The van der Waals surface area contributed by atoms with E-state index in [4.69, 9.17) is 32.1 Å². The van der Waals surface area contributed by atoms with Crippen molar-refractivity contribution in [3.63, 3.8) is 0 Å². The number of nitrogens with zero attached hydrogens (tertiary/aromatic N) is 2. The van der Waals surface area contributed by atoms with Crippen molar-refractivity contribution >= 4 is 51.1 Å². The number of esters is 1. The molecular formula is C45H77N5O15P2Si2. The van der Waals surface area contributed by atoms with Crippen molar-refractivity contribution in [3.05, 3.63) is 66.2 Å². The average Bonchev–Trinajstić information content (AvgIpc) is 3.74. The third-order valence-corrected chi connectivity index (χ3v) is 25.7. The highest BCUT2D eigenvalue weighted by Gasteiger charge is 2.57. The Labute approximate surface area is 409 Å². The van der Waals surface area contributed by atoms with Gasteiger partial charge in [-0.3, -0.25) is 52.2 Å². The Morgan fingerprint density at radius 2 is 1.30 bits per heavy atom. The second kappa shape index (κ2) is 24.5. The summed E-state index contributed by atoms with van der Waals surface area (Å²) in [6, 6.07) is 2.34. The number of aromatic nitrogens is 4. The van der Waals surface area contributed by atoms with E-state index in [1.807, 2.05) is 40.8 Å². The van der Waals surface area contributed by atoms with E-state index in [2.05, 4.69) is 66.1 Å². The van der Waals surface area contributed by atoms with E-state index in [-0.39, 0.29) is 59.0 Å². The molecule has 0 aromatic carbocycles. The largest absolute Gasteiger partial charge is 0.457 e. The lowest BCUT2D eigenvalue weighted by Gasteiger charge is -2.45. The highest BCUT2D eigenvalue weighted by atomic mass is 31.2. The van der Waals surface area contributed by atoms with E-state index in [0.717, 1.165) is 23.2 Å². The van der Waals surface area contributed by atoms with Crippen LogP contribution in [0.15, 0.2) is 43.7 Å². The molecule has 20 nitrogen and oxygen atoms in total. The van der Waals surface area contributed by atoms with Gasteiger partial charge >= 0.3 is 24.9 Å². The Kier molecular flexibility index (Phi) is 20.7. The van der Waals surface area contributed by atoms with Crippen molar-refractivity contribution in [1.29, 1.82) is 0 Å². The van der Waals surface area contributed by atoms with Gasteiger partial charge in [-0.1, -0.05) is 69.2 Å². The Bertz CT molecular complexity index is 2340. The van der Waals surface area contributed by atoms with Crippen LogP contribution in [-0.2, 0) is 51.1 Å². The van der Waals surface area contributed by atoms with Crippen LogP contribution >= 0.6 is 16.8 Å². The molecule has 4 heterocycles. The second-order valence-electron chi connectivity index (χ2n) is 20.4. The minimum Gasteiger partial charge on any atom is -0.457 e. The third kappa shape index (κ3) is 14.7. The van der Waals surface area contributed by atoms with Crippen LogP contribution in [0.1, 0.15) is 120 Å². The SMILES string of the molecule is CC[C@H]1O[C@@H](n2ccc(=O)[nH]c2=O)C(O[Si](C)(C)C(C)(C)C)[C@H]1OP(C)(=O)OC[C@H]1O[C@@H](n2ccc(=O)[nH]c2=O)C(O[Si](C(C)C)(C(C)C)C(C)C)[C@H]1OC(=O)CCC(=O)CCC(=O)NCCCP. The van der Waals surface area contributed by atoms with Crippen LogP contribution in [0.2, 0.25) is 34.8 Å². The summed E-state index contributed by atoms with van der Waals surface area (Å²) in [5.41, 5.74) is -2.78. The molecule has 2 aliphatic heterocycles. The molecule has 2 aromatic rings. The molecule has 0 spiro atoms. The number of rotatable bonds is 25. The maximum atomic E-state index is 14.8. The van der Waals surface area contributed by atoms with Crippen LogP contribution in [0.3, 0.4) is 0 Å². The van der Waals surface area contributed by atoms with Gasteiger partial charge in [-0.15, -0.1) is 9.24 Å². The van der Waals surface area contributed by atoms with Gasteiger partial charge in [0.15, 0.2) is 26.9 Å². The van der Waals surface area contributed by atoms with Crippen molar-refractivity contribution in [1.82, 2.24) is 24.4 Å². The topological polar surface area (TPSA) is 255 Å². The minimum absolute atomic E-state index is 0.00879. The Morgan fingerprint density at radius 1 is 0.797 bits per heavy atom. The van der Waals surface area contributed by atoms with Crippen molar-refractivity contribution in [3.8, 4) is 0 Å². The second-order valence-corrected chi connectivity index (χ2v) is 33.2. The Morgan fingerprint density at radius 3 is 1.78 bits per heavy atom. The number of hydrogen-bond donors (Lipinski definition) is 3. The zero-order valence-electron chi connectivity index (χ0n) is 42.6. The summed E-state index contributed by atoms with van der Waals surface area (Å²) in [6.07, 6.45) is -5.09. The fraction of sp³-hybridized carbons (Fsp3) is 0.756. The van der Waals surface area contributed by atoms with Gasteiger partial charge in [0.05, 0.1) is 19.1 Å². The Balaban J connectivity index is 1.73. The molecule has 3 N–H and O–H groups in total. The molecule has 0 bridgehead atoms. The molecule has 390 valence electrons. The molecule has 0 radical (unpaired) electrons. The summed E-state index contributed by atoms with van der Waals surface area (Å²) < 4.78 is 63.1. The first-order chi connectivity index (χ1) is 32.1. The maximum absolute atomic E-state index is 14.8. The summed E-state index contributed by atoms with van der Waals surface area (Å²) in [5.74, 6) is -1.38. The van der Waals surface area contributed by atoms with Gasteiger partial charge in [-0.2, -0.15) is 0 Å². The highest BCUT2D eigenvalue weighted by Crippen LogP contribution is 2.53. The first-order valence-electron chi connectivity index (χ1n) is 24.0. The van der Waals surface area contributed by atoms with Gasteiger partial charge in [0.2, 0.25) is 14.2 Å². The molecule has 2 saturated heterocycles. The lowest BCUT2D eigenvalue weighted by molar-refractivity contribution is -0.156. The molecular weight excluding hydrogens is 969 g/mol. The number of nitrogens with one attached hydrogen (secondary N) is 3. The van der Waals surface area contributed by atoms with Crippen LogP contribution in [0.4, 0.5) is 0 Å². The van der Waals surface area contributed by atoms with Crippen molar-refractivity contribution < 1.29 is 51.1 Å². The van der Waals surface area contributed by atoms with E-state index in [0.29, 0.717) is 13.0 Å². The molecule has 4 rings (SSSR count). The minimum atomic E-state index is -4.19. The number of hydrogen-bond acceptors (Lipinski definition) is 15. The average molecular weight is 1050 g/mol. The number of ketones is 1. The normalized spacial score (nSPS) is 24.2. The third-order valence-electron chi connectivity index (χ3n) is 13.5. The first-order valence-corrected chi connectivity index (χ1v) is 31.8. The highest BCUT2D eigenvalue weighted by molar-refractivity contribution is 7.53.